The maximum atomic E-state index is 15.3. The molecule has 7 aromatic rings. The van der Waals surface area contributed by atoms with E-state index in [1.165, 1.54) is 6.07 Å². The van der Waals surface area contributed by atoms with Gasteiger partial charge in [-0.1, -0.05) is 102 Å². The van der Waals surface area contributed by atoms with Gasteiger partial charge in [-0.3, -0.25) is 0 Å². The fraction of sp³-hybridized carbons (Fsp3) is 0.150. The van der Waals surface area contributed by atoms with E-state index in [0.717, 1.165) is 61.1 Å². The maximum absolute atomic E-state index is 15.3. The van der Waals surface area contributed by atoms with Gasteiger partial charge in [0.25, 0.3) is 5.92 Å². The molecule has 0 bridgehead atoms. The molecule has 1 aliphatic rings. The number of pyridine rings is 2. The second kappa shape index (κ2) is 12.0. The molecule has 0 atom stereocenters. The van der Waals surface area contributed by atoms with Crippen LogP contribution >= 0.6 is 0 Å². The Labute approximate surface area is 280 Å². The van der Waals surface area contributed by atoms with Crippen LogP contribution in [0, 0.1) is 26.0 Å². The van der Waals surface area contributed by atoms with E-state index in [9.17, 15) is 0 Å². The first-order valence-electron chi connectivity index (χ1n) is 14.9. The minimum Gasteiger partial charge on any atom is -0.501 e. The average molecular weight is 785 g/mol. The number of fused-ring (bicyclic) bond motifs is 6. The van der Waals surface area contributed by atoms with E-state index in [4.69, 9.17) is 4.42 Å². The van der Waals surface area contributed by atoms with Crippen molar-refractivity contribution in [2.45, 2.75) is 39.0 Å². The van der Waals surface area contributed by atoms with Gasteiger partial charge >= 0.3 is 0 Å². The van der Waals surface area contributed by atoms with Crippen LogP contribution in [-0.2, 0) is 31.4 Å². The molecule has 0 spiro atoms. The molecule has 0 fully saturated rings. The summed E-state index contributed by atoms with van der Waals surface area (Å²) < 4.78 is 36.5. The molecule has 0 unspecified atom stereocenters. The smallest absolute Gasteiger partial charge is 0.251 e. The van der Waals surface area contributed by atoms with E-state index in [1.807, 2.05) is 92.8 Å². The third-order valence-electron chi connectivity index (χ3n) is 8.87. The van der Waals surface area contributed by atoms with Crippen molar-refractivity contribution in [3.63, 3.8) is 0 Å². The molecule has 1 aliphatic carbocycles. The summed E-state index contributed by atoms with van der Waals surface area (Å²) in [5.74, 6) is -2.97. The molecule has 3 aromatic heterocycles. The Bertz CT molecular complexity index is 2210. The minimum atomic E-state index is -2.97. The van der Waals surface area contributed by atoms with Gasteiger partial charge < -0.3 is 14.4 Å². The molecule has 8 rings (SSSR count). The Morgan fingerprint density at radius 1 is 0.717 bits per heavy atom. The summed E-state index contributed by atoms with van der Waals surface area (Å²) in [5.41, 5.74) is 8.10. The van der Waals surface area contributed by atoms with Crippen molar-refractivity contribution < 1.29 is 33.3 Å². The molecule has 0 N–H and O–H groups in total. The fourth-order valence-electron chi connectivity index (χ4n) is 6.05. The van der Waals surface area contributed by atoms with Gasteiger partial charge in [0.2, 0.25) is 0 Å². The van der Waals surface area contributed by atoms with Gasteiger partial charge in [-0.2, -0.15) is 0 Å². The van der Waals surface area contributed by atoms with Crippen LogP contribution in [0.3, 0.4) is 0 Å². The normalized spacial score (nSPS) is 14.0. The molecule has 4 aromatic carbocycles. The van der Waals surface area contributed by atoms with Crippen molar-refractivity contribution in [2.24, 2.45) is 0 Å². The van der Waals surface area contributed by atoms with E-state index in [-0.39, 0.29) is 25.7 Å². The molecule has 3 nitrogen and oxygen atoms in total. The van der Waals surface area contributed by atoms with E-state index >= 15 is 8.78 Å². The standard InChI is InChI=1S/C23H20F2N.C17H10NO.Ir/c1-14-11-21(26-13-15(14)2)16-9-10-20-18(12-16)17-7-5-6-8-19(17)22(3,4)23(20,24)25;1-2-10-16-12(6-1)13-7-5-8-14(17(13)19-16)15-9-3-4-11-18-15;/h5-8,10-13H,1-4H3;1-7,9-11H;/q2*-1;. The van der Waals surface area contributed by atoms with E-state index < -0.39 is 11.3 Å². The molecule has 3 heterocycles. The first kappa shape index (κ1) is 31.5. The quantitative estimate of drug-likeness (QED) is 0.164. The number of aryl methyl sites for hydroxylation is 2. The van der Waals surface area contributed by atoms with Crippen molar-refractivity contribution in [3.8, 4) is 33.6 Å². The number of benzene rings is 4. The third-order valence-corrected chi connectivity index (χ3v) is 8.87. The summed E-state index contributed by atoms with van der Waals surface area (Å²) in [6, 6.07) is 36.8. The van der Waals surface area contributed by atoms with Crippen LogP contribution in [0.4, 0.5) is 8.78 Å². The van der Waals surface area contributed by atoms with Crippen LogP contribution in [0.5, 0.6) is 0 Å². The van der Waals surface area contributed by atoms with Crippen LogP contribution < -0.4 is 0 Å². The summed E-state index contributed by atoms with van der Waals surface area (Å²) in [6.45, 7) is 7.23. The van der Waals surface area contributed by atoms with Crippen molar-refractivity contribution in [2.75, 3.05) is 0 Å². The Balaban J connectivity index is 0.000000165. The number of alkyl halides is 2. The van der Waals surface area contributed by atoms with Gasteiger partial charge in [-0.05, 0) is 54.1 Å². The Morgan fingerprint density at radius 2 is 1.48 bits per heavy atom. The summed E-state index contributed by atoms with van der Waals surface area (Å²) in [4.78, 5) is 8.84. The van der Waals surface area contributed by atoms with Crippen molar-refractivity contribution in [3.05, 3.63) is 144 Å². The van der Waals surface area contributed by atoms with Crippen LogP contribution in [0.15, 0.2) is 114 Å². The Kier molecular flexibility index (Phi) is 8.22. The predicted octanol–water partition coefficient (Wildman–Crippen LogP) is 10.7. The topological polar surface area (TPSA) is 38.9 Å². The Hall–Kier alpha value is -4.51. The van der Waals surface area contributed by atoms with Gasteiger partial charge in [0.1, 0.15) is 5.58 Å². The van der Waals surface area contributed by atoms with E-state index in [0.29, 0.717) is 11.1 Å². The zero-order valence-corrected chi connectivity index (χ0v) is 28.2. The van der Waals surface area contributed by atoms with Gasteiger partial charge in [-0.25, -0.2) is 8.78 Å². The van der Waals surface area contributed by atoms with Gasteiger partial charge in [0, 0.05) is 43.3 Å². The number of aromatic nitrogens is 2. The van der Waals surface area contributed by atoms with Crippen LogP contribution in [0.1, 0.15) is 36.1 Å². The van der Waals surface area contributed by atoms with Crippen LogP contribution in [0.2, 0.25) is 0 Å². The zero-order valence-electron chi connectivity index (χ0n) is 25.8. The average Bonchev–Trinajstić information content (AvgIpc) is 3.45. The monoisotopic (exact) mass is 785 g/mol. The molecular weight excluding hydrogens is 755 g/mol. The SMILES string of the molecule is Cc1cnc(-c2[c-]cc3c(c2)-c2ccccc2C(C)(C)C3(F)F)cc1C.[Ir].[c-]1ccc2c(oc3ccccc32)c1-c1ccccn1. The maximum Gasteiger partial charge on any atom is 0.251 e. The van der Waals surface area contributed by atoms with Crippen LogP contribution in [0.25, 0.3) is 55.6 Å². The summed E-state index contributed by atoms with van der Waals surface area (Å²) >= 11 is 0. The second-order valence-corrected chi connectivity index (χ2v) is 12.0. The summed E-state index contributed by atoms with van der Waals surface area (Å²) in [7, 11) is 0. The van der Waals surface area contributed by atoms with Crippen LogP contribution in [-0.4, -0.2) is 9.97 Å². The summed E-state index contributed by atoms with van der Waals surface area (Å²) in [6.07, 6.45) is 3.59. The molecule has 0 saturated heterocycles. The molecule has 0 saturated carbocycles. The molecule has 46 heavy (non-hydrogen) atoms. The van der Waals surface area contributed by atoms with E-state index in [1.54, 1.807) is 32.2 Å². The Morgan fingerprint density at radius 3 is 2.26 bits per heavy atom. The number of para-hydroxylation sites is 1. The van der Waals surface area contributed by atoms with Gasteiger partial charge in [0.05, 0.1) is 5.58 Å². The molecule has 1 radical (unpaired) electrons. The first-order valence-corrected chi connectivity index (χ1v) is 14.9. The number of halogens is 2. The predicted molar refractivity (Wildman–Crippen MR) is 176 cm³/mol. The number of hydrogen-bond acceptors (Lipinski definition) is 3. The molecular formula is C40H30F2IrN2O-2. The second-order valence-electron chi connectivity index (χ2n) is 12.0. The van der Waals surface area contributed by atoms with Crippen molar-refractivity contribution >= 4 is 21.9 Å². The number of furan rings is 1. The summed E-state index contributed by atoms with van der Waals surface area (Å²) in [5, 5.41) is 2.23. The van der Waals surface area contributed by atoms with Crippen molar-refractivity contribution in [1.82, 2.24) is 9.97 Å². The molecule has 0 aliphatic heterocycles. The van der Waals surface area contributed by atoms with E-state index in [2.05, 4.69) is 28.2 Å². The number of hydrogen-bond donors (Lipinski definition) is 0. The van der Waals surface area contributed by atoms with Gasteiger partial charge in [0.15, 0.2) is 0 Å². The molecule has 0 amide bonds. The fourth-order valence-corrected chi connectivity index (χ4v) is 6.05. The number of rotatable bonds is 2. The largest absolute Gasteiger partial charge is 0.501 e. The number of nitrogens with zero attached hydrogens (tertiary/aromatic N) is 2. The zero-order chi connectivity index (χ0) is 31.3. The van der Waals surface area contributed by atoms with Gasteiger partial charge in [-0.15, -0.1) is 42.0 Å². The minimum absolute atomic E-state index is 0. The first-order chi connectivity index (χ1) is 21.7. The molecule has 231 valence electrons. The third kappa shape index (κ3) is 5.16. The molecule has 6 heteroatoms. The van der Waals surface area contributed by atoms with Crippen molar-refractivity contribution in [1.29, 1.82) is 0 Å².